The van der Waals surface area contributed by atoms with Gasteiger partial charge in [-0.15, -0.1) is 0 Å². The van der Waals surface area contributed by atoms with Gasteiger partial charge in [0.05, 0.1) is 23.3 Å². The van der Waals surface area contributed by atoms with Crippen LogP contribution in [0.2, 0.25) is 0 Å². The molecule has 2 aromatic heterocycles. The van der Waals surface area contributed by atoms with Crippen LogP contribution in [0.3, 0.4) is 0 Å². The first-order valence-corrected chi connectivity index (χ1v) is 22.0. The number of nitrogens with zero attached hydrogens (tertiary/aromatic N) is 5. The molecule has 3 saturated heterocycles. The number of ether oxygens (including phenoxy) is 3. The molecule has 2 aliphatic carbocycles. The van der Waals surface area contributed by atoms with E-state index in [1.54, 1.807) is 18.2 Å². The van der Waals surface area contributed by atoms with E-state index < -0.39 is 29.7 Å². The smallest absolute Gasteiger partial charge is 0.262 e. The van der Waals surface area contributed by atoms with Crippen LogP contribution in [0.4, 0.5) is 0 Å². The highest BCUT2D eigenvalue weighted by atomic mass is 16.5. The second-order valence-corrected chi connectivity index (χ2v) is 17.7. The Bertz CT molecular complexity index is 2330. The standard InChI is InChI=1S/C48H52N6O7/c1-29-3-4-30-13-16-49-26-42(30)38-8-5-31(21-40(29)38)32-6-12-45(50-25-32)61-36-22-35(23-36)59-33-14-19-52(20-15-33)17-2-18-53-27-37(28-53)60-34-7-9-39-41(24-34)48(58)54(47(39)57)43-10-11-44(55)51-46(43)56/h5-9,12-13,16,21,24-26,29,33,35-37,43H,2-4,10-11,14-15,17-20,22-23,27-28H2,1H3,(H,51,55,56). The molecule has 6 aliphatic rings. The van der Waals surface area contributed by atoms with Crippen LogP contribution in [0.5, 0.6) is 11.6 Å². The molecule has 4 aromatic rings. The van der Waals surface area contributed by atoms with Gasteiger partial charge < -0.3 is 19.1 Å². The molecule has 4 fully saturated rings. The van der Waals surface area contributed by atoms with Crippen LogP contribution in [0, 0.1) is 0 Å². The quantitative estimate of drug-likeness (QED) is 0.173. The van der Waals surface area contributed by atoms with Crippen molar-refractivity contribution in [2.45, 2.75) is 101 Å². The Kier molecular flexibility index (Phi) is 10.9. The van der Waals surface area contributed by atoms with Gasteiger partial charge in [0.2, 0.25) is 17.7 Å². The van der Waals surface area contributed by atoms with Gasteiger partial charge in [0.15, 0.2) is 0 Å². The topological polar surface area (TPSA) is 144 Å². The second kappa shape index (κ2) is 16.8. The number of likely N-dealkylation sites (tertiary alicyclic amines) is 2. The third kappa shape index (κ3) is 8.18. The van der Waals surface area contributed by atoms with Crippen molar-refractivity contribution >= 4 is 23.6 Å². The number of nitrogens with one attached hydrogen (secondary N) is 1. The number of imide groups is 2. The third-order valence-corrected chi connectivity index (χ3v) is 13.5. The summed E-state index contributed by atoms with van der Waals surface area (Å²) in [7, 11) is 0. The van der Waals surface area contributed by atoms with Gasteiger partial charge in [-0.25, -0.2) is 4.98 Å². The minimum Gasteiger partial charge on any atom is -0.488 e. The van der Waals surface area contributed by atoms with E-state index in [0.717, 1.165) is 94.7 Å². The highest BCUT2D eigenvalue weighted by Gasteiger charge is 2.45. The third-order valence-electron chi connectivity index (χ3n) is 13.5. The van der Waals surface area contributed by atoms with E-state index in [9.17, 15) is 19.2 Å². The first kappa shape index (κ1) is 39.6. The Balaban J connectivity index is 0.606. The number of hydrogen-bond acceptors (Lipinski definition) is 11. The van der Waals surface area contributed by atoms with Crippen LogP contribution in [0.15, 0.2) is 73.2 Å². The normalized spacial score (nSPS) is 24.6. The van der Waals surface area contributed by atoms with E-state index in [4.69, 9.17) is 14.2 Å². The molecule has 10 rings (SSSR count). The fourth-order valence-corrected chi connectivity index (χ4v) is 9.88. The minimum absolute atomic E-state index is 0.00912. The molecule has 2 unspecified atom stereocenters. The van der Waals surface area contributed by atoms with E-state index in [1.165, 1.54) is 27.8 Å². The van der Waals surface area contributed by atoms with Gasteiger partial charge in [0, 0.05) is 81.2 Å². The zero-order valence-corrected chi connectivity index (χ0v) is 34.6. The maximum atomic E-state index is 13.2. The average molecular weight is 825 g/mol. The summed E-state index contributed by atoms with van der Waals surface area (Å²) in [6, 6.07) is 17.0. The van der Waals surface area contributed by atoms with Crippen LogP contribution in [0.1, 0.15) is 96.1 Å². The van der Waals surface area contributed by atoms with Crippen LogP contribution < -0.4 is 14.8 Å². The van der Waals surface area contributed by atoms with Crippen molar-refractivity contribution in [2.24, 2.45) is 0 Å². The van der Waals surface area contributed by atoms with E-state index in [2.05, 4.69) is 62.3 Å². The van der Waals surface area contributed by atoms with E-state index in [-0.39, 0.29) is 42.3 Å². The maximum Gasteiger partial charge on any atom is 0.262 e. The van der Waals surface area contributed by atoms with Gasteiger partial charge in [-0.3, -0.25) is 39.3 Å². The van der Waals surface area contributed by atoms with Gasteiger partial charge >= 0.3 is 0 Å². The number of aromatic nitrogens is 2. The van der Waals surface area contributed by atoms with Gasteiger partial charge in [0.1, 0.15) is 24.0 Å². The van der Waals surface area contributed by atoms with Crippen molar-refractivity contribution in [3.8, 4) is 33.9 Å². The largest absolute Gasteiger partial charge is 0.488 e. The van der Waals surface area contributed by atoms with Gasteiger partial charge in [-0.2, -0.15) is 0 Å². The summed E-state index contributed by atoms with van der Waals surface area (Å²) >= 11 is 0. The number of amides is 4. The number of pyridine rings is 2. The lowest BCUT2D eigenvalue weighted by atomic mass is 9.90. The Morgan fingerprint density at radius 1 is 0.705 bits per heavy atom. The summed E-state index contributed by atoms with van der Waals surface area (Å²) < 4.78 is 18.9. The first-order chi connectivity index (χ1) is 29.7. The molecule has 61 heavy (non-hydrogen) atoms. The predicted molar refractivity (Wildman–Crippen MR) is 226 cm³/mol. The van der Waals surface area contributed by atoms with E-state index in [1.807, 2.05) is 24.7 Å². The van der Waals surface area contributed by atoms with Crippen molar-refractivity contribution in [3.05, 3.63) is 95.4 Å². The molecule has 4 aliphatic heterocycles. The van der Waals surface area contributed by atoms with Crippen molar-refractivity contribution in [2.75, 3.05) is 39.3 Å². The number of piperidine rings is 2. The zero-order valence-electron chi connectivity index (χ0n) is 34.6. The molecule has 1 N–H and O–H groups in total. The molecular formula is C48H52N6O7. The lowest BCUT2D eigenvalue weighted by Crippen LogP contribution is -2.54. The second-order valence-electron chi connectivity index (χ2n) is 17.7. The molecule has 1 saturated carbocycles. The van der Waals surface area contributed by atoms with Crippen LogP contribution in [0.25, 0.3) is 22.3 Å². The van der Waals surface area contributed by atoms with Gasteiger partial charge in [-0.05, 0) is 110 Å². The number of carbonyl (C=O) groups is 4. The van der Waals surface area contributed by atoms with Crippen molar-refractivity contribution < 1.29 is 33.4 Å². The first-order valence-electron chi connectivity index (χ1n) is 22.0. The summed E-state index contributed by atoms with van der Waals surface area (Å²) in [5, 5.41) is 2.23. The maximum absolute atomic E-state index is 13.2. The molecule has 0 spiro atoms. The summed E-state index contributed by atoms with van der Waals surface area (Å²) in [6.45, 7) is 8.08. The highest BCUT2D eigenvalue weighted by molar-refractivity contribution is 6.23. The number of aryl methyl sites for hydroxylation is 1. The van der Waals surface area contributed by atoms with Crippen molar-refractivity contribution in [1.29, 1.82) is 0 Å². The van der Waals surface area contributed by atoms with Crippen molar-refractivity contribution in [1.82, 2.24) is 30.0 Å². The molecular weight excluding hydrogens is 773 g/mol. The summed E-state index contributed by atoms with van der Waals surface area (Å²) in [4.78, 5) is 65.1. The number of fused-ring (bicyclic) bond motifs is 4. The minimum atomic E-state index is -0.982. The van der Waals surface area contributed by atoms with Gasteiger partial charge in [0.25, 0.3) is 11.8 Å². The van der Waals surface area contributed by atoms with E-state index in [0.29, 0.717) is 23.7 Å². The predicted octanol–water partition coefficient (Wildman–Crippen LogP) is 5.81. The lowest BCUT2D eigenvalue weighted by Gasteiger charge is -2.40. The SMILES string of the molecule is CC1CCc2ccncc2-c2ccc(-c3ccc(OC4CC(OC5CCN(CCCN6CC(Oc7ccc8c(c7)C(=O)N(C7CCC(=O)NC7=O)C8=O)C6)CC5)C4)nc3)cc21. The fraction of sp³-hybridized carbons (Fsp3) is 0.458. The Morgan fingerprint density at radius 2 is 1.49 bits per heavy atom. The molecule has 13 nitrogen and oxygen atoms in total. The number of benzene rings is 2. The average Bonchev–Trinajstić information content (AvgIpc) is 3.39. The van der Waals surface area contributed by atoms with Gasteiger partial charge in [-0.1, -0.05) is 25.1 Å². The highest BCUT2D eigenvalue weighted by Crippen LogP contribution is 2.40. The molecule has 2 aromatic carbocycles. The van der Waals surface area contributed by atoms with Crippen molar-refractivity contribution in [3.63, 3.8) is 0 Å². The number of hydrogen-bond donors (Lipinski definition) is 1. The monoisotopic (exact) mass is 824 g/mol. The zero-order chi connectivity index (χ0) is 41.6. The fourth-order valence-electron chi connectivity index (χ4n) is 9.88. The number of rotatable bonds is 12. The molecule has 6 heterocycles. The molecule has 316 valence electrons. The van der Waals surface area contributed by atoms with E-state index >= 15 is 0 Å². The molecule has 13 heteroatoms. The van der Waals surface area contributed by atoms with Crippen LogP contribution in [-0.2, 0) is 20.7 Å². The summed E-state index contributed by atoms with van der Waals surface area (Å²) in [5.74, 6) is -0.381. The Labute approximate surface area is 355 Å². The van der Waals surface area contributed by atoms with Crippen LogP contribution >= 0.6 is 0 Å². The molecule has 0 bridgehead atoms. The molecule has 2 atom stereocenters. The summed E-state index contributed by atoms with van der Waals surface area (Å²) in [6.07, 6.45) is 13.9. The number of carbonyl (C=O) groups excluding carboxylic acids is 4. The Morgan fingerprint density at radius 3 is 2.30 bits per heavy atom. The summed E-state index contributed by atoms with van der Waals surface area (Å²) in [5.41, 5.74) is 8.06. The Hall–Kier alpha value is -5.50. The lowest BCUT2D eigenvalue weighted by molar-refractivity contribution is -0.136. The molecule has 0 radical (unpaired) electrons. The van der Waals surface area contributed by atoms with Crippen LogP contribution in [-0.4, -0.2) is 118 Å². The molecule has 4 amide bonds.